The molecule has 1 aromatic carbocycles. The first-order chi connectivity index (χ1) is 15.8. The number of amides is 2. The number of carbonyl (C=O) groups is 2. The molecular weight excluding hydrogens is 418 g/mol. The highest BCUT2D eigenvalue weighted by molar-refractivity contribution is 5.97. The maximum atomic E-state index is 12.5. The van der Waals surface area contributed by atoms with Gasteiger partial charge in [0, 0.05) is 49.7 Å². The van der Waals surface area contributed by atoms with Crippen LogP contribution in [0.25, 0.3) is 0 Å². The van der Waals surface area contributed by atoms with Crippen LogP contribution < -0.4 is 16.0 Å². The number of aromatic nitrogens is 1. The van der Waals surface area contributed by atoms with Crippen LogP contribution >= 0.6 is 0 Å². The molecule has 0 aliphatic carbocycles. The lowest BCUT2D eigenvalue weighted by Crippen LogP contribution is -2.45. The summed E-state index contributed by atoms with van der Waals surface area (Å²) >= 11 is 0. The number of nitrogen functional groups attached to an aromatic ring is 1. The molecule has 0 spiro atoms. The van der Waals surface area contributed by atoms with Gasteiger partial charge in [-0.15, -0.1) is 0 Å². The largest absolute Gasteiger partial charge is 0.384 e. The lowest BCUT2D eigenvalue weighted by atomic mass is 9.87. The first-order valence-corrected chi connectivity index (χ1v) is 11.2. The molecular formula is C25H31N5O3. The number of nitrogens with zero attached hydrogens (tertiary/aromatic N) is 3. The summed E-state index contributed by atoms with van der Waals surface area (Å²) in [6.45, 7) is 7.25. The van der Waals surface area contributed by atoms with Crippen LogP contribution in [-0.4, -0.2) is 42.1 Å². The van der Waals surface area contributed by atoms with Crippen molar-refractivity contribution in [1.29, 1.82) is 5.26 Å². The number of hydrogen-bond donors (Lipinski definition) is 2. The van der Waals surface area contributed by atoms with E-state index in [1.807, 2.05) is 29.2 Å². The summed E-state index contributed by atoms with van der Waals surface area (Å²) in [6.07, 6.45) is 4.06. The van der Waals surface area contributed by atoms with Crippen molar-refractivity contribution < 1.29 is 14.3 Å². The lowest BCUT2D eigenvalue weighted by molar-refractivity contribution is -0.117. The van der Waals surface area contributed by atoms with Crippen molar-refractivity contribution in [2.45, 2.75) is 52.1 Å². The molecule has 174 valence electrons. The number of anilines is 2. The lowest BCUT2D eigenvalue weighted by Gasteiger charge is -2.39. The molecule has 33 heavy (non-hydrogen) atoms. The third-order valence-corrected chi connectivity index (χ3v) is 6.19. The van der Waals surface area contributed by atoms with E-state index in [1.54, 1.807) is 19.1 Å². The third-order valence-electron chi connectivity index (χ3n) is 6.19. The van der Waals surface area contributed by atoms with E-state index in [-0.39, 0.29) is 23.9 Å². The van der Waals surface area contributed by atoms with Crippen LogP contribution in [0.4, 0.5) is 11.5 Å². The van der Waals surface area contributed by atoms with E-state index < -0.39 is 0 Å². The molecule has 8 nitrogen and oxygen atoms in total. The van der Waals surface area contributed by atoms with Gasteiger partial charge in [0.2, 0.25) is 5.91 Å². The van der Waals surface area contributed by atoms with Gasteiger partial charge < -0.3 is 20.7 Å². The summed E-state index contributed by atoms with van der Waals surface area (Å²) in [6, 6.07) is 11.2. The number of fused-ring (bicyclic) bond motifs is 1. The topological polar surface area (TPSA) is 121 Å². The summed E-state index contributed by atoms with van der Waals surface area (Å²) < 4.78 is 5.33. The van der Waals surface area contributed by atoms with E-state index in [4.69, 9.17) is 15.7 Å². The summed E-state index contributed by atoms with van der Waals surface area (Å²) in [7, 11) is 0. The Morgan fingerprint density at radius 1 is 1.21 bits per heavy atom. The van der Waals surface area contributed by atoms with Crippen LogP contribution in [-0.2, 0) is 16.0 Å². The van der Waals surface area contributed by atoms with E-state index in [0.29, 0.717) is 36.1 Å². The Morgan fingerprint density at radius 2 is 1.94 bits per heavy atom. The number of nitrogens with two attached hydrogens (primary N) is 1. The van der Waals surface area contributed by atoms with Crippen LogP contribution in [0.1, 0.15) is 55.1 Å². The van der Waals surface area contributed by atoms with Crippen LogP contribution in [0.15, 0.2) is 36.5 Å². The van der Waals surface area contributed by atoms with Crippen molar-refractivity contribution in [3.8, 4) is 6.07 Å². The predicted molar refractivity (Wildman–Crippen MR) is 127 cm³/mol. The number of nitriles is 1. The smallest absolute Gasteiger partial charge is 0.251 e. The van der Waals surface area contributed by atoms with E-state index in [2.05, 4.69) is 24.1 Å². The highest BCUT2D eigenvalue weighted by atomic mass is 16.5. The molecule has 0 bridgehead atoms. The monoisotopic (exact) mass is 449 g/mol. The molecule has 2 aliphatic rings. The molecule has 2 aromatic rings. The van der Waals surface area contributed by atoms with E-state index in [0.717, 1.165) is 30.5 Å². The number of rotatable bonds is 2. The van der Waals surface area contributed by atoms with Crippen molar-refractivity contribution in [1.82, 2.24) is 10.3 Å². The Morgan fingerprint density at radius 3 is 2.55 bits per heavy atom. The molecule has 2 atom stereocenters. The van der Waals surface area contributed by atoms with Gasteiger partial charge in [-0.05, 0) is 68.0 Å². The van der Waals surface area contributed by atoms with Gasteiger partial charge in [-0.25, -0.2) is 4.98 Å². The first-order valence-electron chi connectivity index (χ1n) is 11.2. The van der Waals surface area contributed by atoms with E-state index in [1.165, 1.54) is 6.20 Å². The molecule has 3 heterocycles. The molecule has 1 fully saturated rings. The van der Waals surface area contributed by atoms with Crippen molar-refractivity contribution in [2.75, 3.05) is 23.8 Å². The zero-order chi connectivity index (χ0) is 24.0. The first kappa shape index (κ1) is 24.2. The normalized spacial score (nSPS) is 20.0. The summed E-state index contributed by atoms with van der Waals surface area (Å²) in [4.78, 5) is 30.1. The SMILES string of the molecule is CC(=O)N1c2ccc(C(=O)NC3CCOCC3)cc2CC(C)[C@@H]1C.N#Cc1ccc(N)nc1. The average Bonchev–Trinajstić information content (AvgIpc) is 2.81. The van der Waals surface area contributed by atoms with Gasteiger partial charge in [-0.1, -0.05) is 6.92 Å². The zero-order valence-electron chi connectivity index (χ0n) is 19.4. The Hall–Kier alpha value is -3.44. The zero-order valence-corrected chi connectivity index (χ0v) is 19.4. The number of hydrogen-bond acceptors (Lipinski definition) is 6. The number of nitrogens with one attached hydrogen (secondary N) is 1. The number of pyridine rings is 1. The quantitative estimate of drug-likeness (QED) is 0.727. The second-order valence-corrected chi connectivity index (χ2v) is 8.60. The van der Waals surface area contributed by atoms with Gasteiger partial charge in [0.25, 0.3) is 5.91 Å². The number of ether oxygens (including phenoxy) is 1. The van der Waals surface area contributed by atoms with Crippen LogP contribution in [0.2, 0.25) is 0 Å². The molecule has 1 saturated heterocycles. The minimum Gasteiger partial charge on any atom is -0.384 e. The van der Waals surface area contributed by atoms with Crippen LogP contribution in [0.3, 0.4) is 0 Å². The Bertz CT molecular complexity index is 1030. The van der Waals surface area contributed by atoms with E-state index in [9.17, 15) is 9.59 Å². The Balaban J connectivity index is 0.000000286. The molecule has 4 rings (SSSR count). The molecule has 2 aliphatic heterocycles. The van der Waals surface area contributed by atoms with E-state index >= 15 is 0 Å². The summed E-state index contributed by atoms with van der Waals surface area (Å²) in [5.41, 5.74) is 8.48. The molecule has 1 aromatic heterocycles. The molecule has 1 unspecified atom stereocenters. The van der Waals surface area contributed by atoms with Crippen molar-refractivity contribution >= 4 is 23.3 Å². The molecule has 3 N–H and O–H groups in total. The summed E-state index contributed by atoms with van der Waals surface area (Å²) in [5, 5.41) is 11.4. The summed E-state index contributed by atoms with van der Waals surface area (Å²) in [5.74, 6) is 0.823. The van der Waals surface area contributed by atoms with Crippen molar-refractivity contribution in [2.24, 2.45) is 5.92 Å². The second kappa shape index (κ2) is 10.9. The maximum Gasteiger partial charge on any atom is 0.251 e. The fraction of sp³-hybridized carbons (Fsp3) is 0.440. The van der Waals surface area contributed by atoms with Crippen molar-refractivity contribution in [3.05, 3.63) is 53.2 Å². The molecule has 8 heteroatoms. The highest BCUT2D eigenvalue weighted by Crippen LogP contribution is 2.34. The van der Waals surface area contributed by atoms with Crippen molar-refractivity contribution in [3.63, 3.8) is 0 Å². The van der Waals surface area contributed by atoms with Crippen LogP contribution in [0, 0.1) is 17.2 Å². The van der Waals surface area contributed by atoms with Gasteiger partial charge >= 0.3 is 0 Å². The van der Waals surface area contributed by atoms with Gasteiger partial charge in [0.05, 0.1) is 5.56 Å². The third kappa shape index (κ3) is 6.08. The minimum absolute atomic E-state index is 0.0367. The average molecular weight is 450 g/mol. The number of carbonyl (C=O) groups excluding carboxylic acids is 2. The Labute approximate surface area is 194 Å². The predicted octanol–water partition coefficient (Wildman–Crippen LogP) is 3.06. The fourth-order valence-corrected chi connectivity index (χ4v) is 4.16. The van der Waals surface area contributed by atoms with Gasteiger partial charge in [0.15, 0.2) is 0 Å². The molecule has 0 saturated carbocycles. The molecule has 2 amide bonds. The standard InChI is InChI=1S/C19H26N2O3.C6H5N3/c1-12-10-16-11-15(19(23)20-17-6-8-24-9-7-17)4-5-18(16)21(13(12)2)14(3)22;7-3-5-1-2-6(8)9-4-5/h4-5,11-13,17H,6-10H2,1-3H3,(H,20,23);1-2,4H,(H2,8,9)/t12?,13-;/m0./s1. The fourth-order valence-electron chi connectivity index (χ4n) is 4.16. The van der Waals surface area contributed by atoms with Gasteiger partial charge in [-0.2, -0.15) is 5.26 Å². The van der Waals surface area contributed by atoms with Gasteiger partial charge in [0.1, 0.15) is 11.9 Å². The van der Waals surface area contributed by atoms with Crippen LogP contribution in [0.5, 0.6) is 0 Å². The highest BCUT2D eigenvalue weighted by Gasteiger charge is 2.31. The second-order valence-electron chi connectivity index (χ2n) is 8.60. The Kier molecular flexibility index (Phi) is 8.01. The number of benzene rings is 1. The maximum absolute atomic E-state index is 12.5. The minimum atomic E-state index is -0.0367. The van der Waals surface area contributed by atoms with Gasteiger partial charge in [-0.3, -0.25) is 9.59 Å². The molecule has 0 radical (unpaired) electrons.